The van der Waals surface area contributed by atoms with Crippen molar-refractivity contribution in [3.63, 3.8) is 0 Å². The topological polar surface area (TPSA) is 111 Å². The number of amides is 4. The number of hydrogen-bond acceptors (Lipinski definition) is 6. The molecule has 0 bridgehead atoms. The first kappa shape index (κ1) is 25.8. The van der Waals surface area contributed by atoms with Crippen LogP contribution in [0.15, 0.2) is 24.3 Å². The predicted octanol–water partition coefficient (Wildman–Crippen LogP) is 2.66. The van der Waals surface area contributed by atoms with E-state index in [1.165, 1.54) is 0 Å². The summed E-state index contributed by atoms with van der Waals surface area (Å²) in [5.74, 6) is -1.19. The number of nitrogens with zero attached hydrogens (tertiary/aromatic N) is 1. The van der Waals surface area contributed by atoms with Crippen molar-refractivity contribution in [3.8, 4) is 0 Å². The van der Waals surface area contributed by atoms with E-state index in [4.69, 9.17) is 9.47 Å². The van der Waals surface area contributed by atoms with Crippen molar-refractivity contribution in [2.45, 2.75) is 72.3 Å². The summed E-state index contributed by atoms with van der Waals surface area (Å²) in [6.45, 7) is 10.2. The van der Waals surface area contributed by atoms with E-state index in [1.54, 1.807) is 19.1 Å². The maximum atomic E-state index is 14.0. The summed E-state index contributed by atoms with van der Waals surface area (Å²) in [7, 11) is 0. The Morgan fingerprint density at radius 1 is 1.18 bits per heavy atom. The summed E-state index contributed by atoms with van der Waals surface area (Å²) < 4.78 is 10.4. The van der Waals surface area contributed by atoms with Gasteiger partial charge in [-0.05, 0) is 30.9 Å². The van der Waals surface area contributed by atoms with Gasteiger partial charge in [-0.2, -0.15) is 4.48 Å². The smallest absolute Gasteiger partial charge is 0.427 e. The number of rotatable bonds is 6. The van der Waals surface area contributed by atoms with E-state index in [0.717, 1.165) is 5.56 Å². The van der Waals surface area contributed by atoms with Gasteiger partial charge in [-0.15, -0.1) is 0 Å². The number of esters is 1. The lowest BCUT2D eigenvalue weighted by Gasteiger charge is -2.37. The number of hydrogen-bond donors (Lipinski definition) is 2. The number of quaternary nitrogens is 1. The van der Waals surface area contributed by atoms with Crippen LogP contribution < -0.4 is 10.6 Å². The monoisotopic (exact) mass is 474 g/mol. The minimum absolute atomic E-state index is 0.0455. The molecule has 2 N–H and O–H groups in total. The normalized spacial score (nSPS) is 22.7. The molecule has 9 heteroatoms. The number of likely N-dealkylation sites (tertiary alicyclic amines) is 1. The molecule has 34 heavy (non-hydrogen) atoms. The standard InChI is InChI=1S/C25H35N3O6/c1-6-33-18-15-19(29)34-22(18)27-24(32)28(13-9-10-14-28)23(31)20(25(3,4)5)26-21(30)17-12-8-7-11-16(17)2/h7-8,11-12,18,20,22H,6,9-10,13-15H2,1-5H3,(H-,26,27,30,32)/p+1/t18-,20+,22+/m0/s1. The first-order valence-electron chi connectivity index (χ1n) is 11.9. The van der Waals surface area contributed by atoms with Crippen LogP contribution in [0.4, 0.5) is 4.79 Å². The molecule has 2 aliphatic rings. The molecular formula is C25H36N3O6+. The van der Waals surface area contributed by atoms with Crippen LogP contribution in [0.3, 0.4) is 0 Å². The van der Waals surface area contributed by atoms with Gasteiger partial charge in [0.15, 0.2) is 6.04 Å². The molecule has 4 amide bonds. The first-order chi connectivity index (χ1) is 16.0. The molecule has 0 unspecified atom stereocenters. The van der Waals surface area contributed by atoms with E-state index < -0.39 is 40.3 Å². The van der Waals surface area contributed by atoms with Crippen LogP contribution >= 0.6 is 0 Å². The van der Waals surface area contributed by atoms with Crippen molar-refractivity contribution in [3.05, 3.63) is 35.4 Å². The van der Waals surface area contributed by atoms with Crippen LogP contribution in [0.5, 0.6) is 0 Å². The molecule has 0 aromatic heterocycles. The predicted molar refractivity (Wildman–Crippen MR) is 125 cm³/mol. The van der Waals surface area contributed by atoms with E-state index in [-0.39, 0.29) is 18.2 Å². The maximum absolute atomic E-state index is 14.0. The van der Waals surface area contributed by atoms with Crippen molar-refractivity contribution < 1.29 is 33.1 Å². The van der Waals surface area contributed by atoms with Crippen LogP contribution in [0.2, 0.25) is 0 Å². The Morgan fingerprint density at radius 3 is 2.41 bits per heavy atom. The number of ether oxygens (including phenoxy) is 2. The van der Waals surface area contributed by atoms with Gasteiger partial charge in [-0.25, -0.2) is 9.59 Å². The second-order valence-electron chi connectivity index (χ2n) is 10.1. The number of carbonyl (C=O) groups is 4. The highest BCUT2D eigenvalue weighted by molar-refractivity contribution is 5.99. The van der Waals surface area contributed by atoms with E-state index in [2.05, 4.69) is 10.6 Å². The van der Waals surface area contributed by atoms with Gasteiger partial charge in [0.2, 0.25) is 6.23 Å². The number of benzene rings is 1. The Kier molecular flexibility index (Phi) is 7.77. The van der Waals surface area contributed by atoms with E-state index in [9.17, 15) is 19.2 Å². The van der Waals surface area contributed by atoms with Crippen molar-refractivity contribution in [2.24, 2.45) is 5.41 Å². The van der Waals surface area contributed by atoms with Gasteiger partial charge in [0.05, 0.1) is 19.5 Å². The Labute approximate surface area is 200 Å². The third-order valence-corrected chi connectivity index (χ3v) is 6.53. The van der Waals surface area contributed by atoms with Crippen molar-refractivity contribution in [1.29, 1.82) is 0 Å². The maximum Gasteiger partial charge on any atom is 0.427 e. The lowest BCUT2D eigenvalue weighted by atomic mass is 9.85. The average Bonchev–Trinajstić information content (AvgIpc) is 3.39. The summed E-state index contributed by atoms with van der Waals surface area (Å²) in [5.41, 5.74) is 0.643. The summed E-state index contributed by atoms with van der Waals surface area (Å²) in [6, 6.07) is 5.73. The number of aryl methyl sites for hydroxylation is 1. The number of cyclic esters (lactones) is 1. The molecule has 0 radical (unpaired) electrons. The summed E-state index contributed by atoms with van der Waals surface area (Å²) in [4.78, 5) is 52.5. The number of urea groups is 1. The molecule has 0 saturated carbocycles. The van der Waals surface area contributed by atoms with Crippen LogP contribution in [0, 0.1) is 12.3 Å². The fourth-order valence-corrected chi connectivity index (χ4v) is 4.60. The SMILES string of the molecule is CCO[C@H]1CC(=O)O[C@H]1NC(=O)[N+]1(C(=O)[C@@H](NC(=O)c2ccccc2C)C(C)(C)C)CCCC1. The zero-order chi connectivity index (χ0) is 25.1. The third kappa shape index (κ3) is 5.31. The average molecular weight is 475 g/mol. The lowest BCUT2D eigenvalue weighted by molar-refractivity contribution is -0.761. The zero-order valence-corrected chi connectivity index (χ0v) is 20.7. The molecule has 2 aliphatic heterocycles. The molecule has 0 aliphatic carbocycles. The highest BCUT2D eigenvalue weighted by Gasteiger charge is 2.54. The Balaban J connectivity index is 1.86. The highest BCUT2D eigenvalue weighted by atomic mass is 16.6. The van der Waals surface area contributed by atoms with Crippen LogP contribution in [-0.2, 0) is 19.1 Å². The minimum atomic E-state index is -0.946. The van der Waals surface area contributed by atoms with Gasteiger partial charge in [0, 0.05) is 25.0 Å². The molecule has 186 valence electrons. The van der Waals surface area contributed by atoms with E-state index >= 15 is 0 Å². The van der Waals surface area contributed by atoms with Gasteiger partial charge in [-0.3, -0.25) is 14.9 Å². The Morgan fingerprint density at radius 2 is 1.82 bits per heavy atom. The first-order valence-corrected chi connectivity index (χ1v) is 11.9. The molecule has 3 rings (SSSR count). The lowest BCUT2D eigenvalue weighted by Crippen LogP contribution is -2.68. The summed E-state index contributed by atoms with van der Waals surface area (Å²) >= 11 is 0. The van der Waals surface area contributed by atoms with Gasteiger partial charge < -0.3 is 14.8 Å². The minimum Gasteiger partial charge on any atom is -0.439 e. The molecule has 2 saturated heterocycles. The van der Waals surface area contributed by atoms with Crippen LogP contribution in [-0.4, -0.2) is 66.4 Å². The van der Waals surface area contributed by atoms with Gasteiger partial charge in [0.1, 0.15) is 6.10 Å². The van der Waals surface area contributed by atoms with Crippen molar-refractivity contribution in [2.75, 3.05) is 19.7 Å². The van der Waals surface area contributed by atoms with Gasteiger partial charge >= 0.3 is 17.9 Å². The van der Waals surface area contributed by atoms with E-state index in [0.29, 0.717) is 38.1 Å². The second-order valence-corrected chi connectivity index (χ2v) is 10.1. The third-order valence-electron chi connectivity index (χ3n) is 6.53. The molecule has 1 aromatic carbocycles. The Bertz CT molecular complexity index is 948. The summed E-state index contributed by atoms with van der Waals surface area (Å²) in [6.07, 6.45) is -0.108. The number of carbonyl (C=O) groups excluding carboxylic acids is 4. The molecule has 2 heterocycles. The Hall–Kier alpha value is -2.78. The van der Waals surface area contributed by atoms with Crippen LogP contribution in [0.25, 0.3) is 0 Å². The quantitative estimate of drug-likeness (QED) is 0.484. The zero-order valence-electron chi connectivity index (χ0n) is 20.7. The molecule has 3 atom stereocenters. The van der Waals surface area contributed by atoms with Crippen molar-refractivity contribution in [1.82, 2.24) is 10.6 Å². The van der Waals surface area contributed by atoms with Crippen molar-refractivity contribution >= 4 is 23.8 Å². The number of imide groups is 1. The van der Waals surface area contributed by atoms with E-state index in [1.807, 2.05) is 39.8 Å². The second kappa shape index (κ2) is 10.2. The molecule has 9 nitrogen and oxygen atoms in total. The van der Waals surface area contributed by atoms with Gasteiger partial charge in [-0.1, -0.05) is 39.0 Å². The molecule has 2 fully saturated rings. The van der Waals surface area contributed by atoms with Gasteiger partial charge in [0.25, 0.3) is 5.91 Å². The molecular weight excluding hydrogens is 438 g/mol. The summed E-state index contributed by atoms with van der Waals surface area (Å²) in [5, 5.41) is 5.65. The molecule has 0 spiro atoms. The fraction of sp³-hybridized carbons (Fsp3) is 0.600. The highest BCUT2D eigenvalue weighted by Crippen LogP contribution is 2.30. The molecule has 1 aromatic rings. The van der Waals surface area contributed by atoms with Crippen LogP contribution in [0.1, 0.15) is 62.9 Å². The fourth-order valence-electron chi connectivity index (χ4n) is 4.60. The largest absolute Gasteiger partial charge is 0.439 e. The number of nitrogens with one attached hydrogen (secondary N) is 2.